The van der Waals surface area contributed by atoms with Crippen molar-refractivity contribution in [3.63, 3.8) is 0 Å². The first-order valence-electron chi connectivity index (χ1n) is 9.03. The van der Waals surface area contributed by atoms with Gasteiger partial charge in [0.25, 0.3) is 5.91 Å². The highest BCUT2D eigenvalue weighted by atomic mass is 35.5. The van der Waals surface area contributed by atoms with Crippen LogP contribution in [-0.4, -0.2) is 35.5 Å². The first kappa shape index (κ1) is 17.7. The van der Waals surface area contributed by atoms with E-state index in [1.165, 1.54) is 11.1 Å². The van der Waals surface area contributed by atoms with Crippen molar-refractivity contribution in [2.75, 3.05) is 19.7 Å². The molecule has 1 N–H and O–H groups in total. The number of ether oxygens (including phenoxy) is 1. The Kier molecular flexibility index (Phi) is 4.90. The summed E-state index contributed by atoms with van der Waals surface area (Å²) in [6.45, 7) is 3.37. The van der Waals surface area contributed by atoms with Crippen molar-refractivity contribution < 1.29 is 9.53 Å². The molecule has 2 aromatic carbocycles. The number of carbonyl (C=O) groups is 1. The molecule has 0 atom stereocenters. The number of aryl methyl sites for hydroxylation is 1. The minimum absolute atomic E-state index is 0.00726. The predicted octanol–water partition coefficient (Wildman–Crippen LogP) is 4.82. The summed E-state index contributed by atoms with van der Waals surface area (Å²) in [5.74, 6) is 0.728. The molecule has 2 heterocycles. The Bertz CT molecular complexity index is 1000. The van der Waals surface area contributed by atoms with Crippen LogP contribution in [0.25, 0.3) is 16.5 Å². The van der Waals surface area contributed by atoms with Crippen LogP contribution in [0.3, 0.4) is 0 Å². The van der Waals surface area contributed by atoms with E-state index in [1.807, 2.05) is 60.5 Å². The molecular formula is C22H21ClN2O2. The summed E-state index contributed by atoms with van der Waals surface area (Å²) >= 11 is 6.14. The fourth-order valence-corrected chi connectivity index (χ4v) is 3.54. The maximum atomic E-state index is 12.4. The van der Waals surface area contributed by atoms with E-state index in [-0.39, 0.29) is 12.5 Å². The van der Waals surface area contributed by atoms with Crippen LogP contribution >= 0.6 is 11.6 Å². The first-order chi connectivity index (χ1) is 13.1. The quantitative estimate of drug-likeness (QED) is 0.705. The number of benzene rings is 2. The van der Waals surface area contributed by atoms with E-state index in [2.05, 4.69) is 11.1 Å². The van der Waals surface area contributed by atoms with Crippen molar-refractivity contribution in [3.8, 4) is 5.75 Å². The monoisotopic (exact) mass is 380 g/mol. The maximum absolute atomic E-state index is 12.4. The molecule has 4 rings (SSSR count). The minimum atomic E-state index is 0.00726. The second kappa shape index (κ2) is 7.49. The first-order valence-corrected chi connectivity index (χ1v) is 9.41. The second-order valence-electron chi connectivity index (χ2n) is 6.81. The molecular weight excluding hydrogens is 360 g/mol. The van der Waals surface area contributed by atoms with Gasteiger partial charge in [-0.15, -0.1) is 0 Å². The molecule has 1 aromatic heterocycles. The van der Waals surface area contributed by atoms with Crippen LogP contribution in [0, 0.1) is 6.92 Å². The average molecular weight is 381 g/mol. The van der Waals surface area contributed by atoms with Gasteiger partial charge in [-0.2, -0.15) is 0 Å². The maximum Gasteiger partial charge on any atom is 0.260 e. The highest BCUT2D eigenvalue weighted by Gasteiger charge is 2.20. The molecule has 138 valence electrons. The zero-order chi connectivity index (χ0) is 18.8. The summed E-state index contributed by atoms with van der Waals surface area (Å²) in [6, 6.07) is 13.6. The van der Waals surface area contributed by atoms with Crippen LogP contribution in [0.4, 0.5) is 0 Å². The Hall–Kier alpha value is -2.72. The van der Waals surface area contributed by atoms with Gasteiger partial charge < -0.3 is 14.6 Å². The molecule has 4 nitrogen and oxygen atoms in total. The van der Waals surface area contributed by atoms with Gasteiger partial charge in [-0.3, -0.25) is 4.79 Å². The molecule has 0 saturated carbocycles. The number of nitrogens with one attached hydrogen (secondary N) is 1. The fraction of sp³-hybridized carbons (Fsp3) is 0.227. The highest BCUT2D eigenvalue weighted by Crippen LogP contribution is 2.30. The molecule has 0 fully saturated rings. The standard InChI is InChI=1S/C22H21ClN2O2/c1-15-2-5-18(6-3-15)27-14-22(26)25-10-8-16(9-11-25)20-13-24-21-7-4-17(23)12-19(20)21/h2-8,12-13,24H,9-11,14H2,1H3. The number of fused-ring (bicyclic) bond motifs is 1. The van der Waals surface area contributed by atoms with Crippen molar-refractivity contribution in [2.45, 2.75) is 13.3 Å². The molecule has 1 amide bonds. The molecule has 1 aliphatic rings. The summed E-state index contributed by atoms with van der Waals surface area (Å²) in [6.07, 6.45) is 4.96. The van der Waals surface area contributed by atoms with Crippen molar-refractivity contribution in [1.29, 1.82) is 0 Å². The predicted molar refractivity (Wildman–Crippen MR) is 109 cm³/mol. The lowest BCUT2D eigenvalue weighted by molar-refractivity contribution is -0.132. The van der Waals surface area contributed by atoms with Crippen molar-refractivity contribution in [2.24, 2.45) is 0 Å². The molecule has 0 aliphatic carbocycles. The molecule has 0 spiro atoms. The van der Waals surface area contributed by atoms with E-state index in [1.54, 1.807) is 0 Å². The number of hydrogen-bond acceptors (Lipinski definition) is 2. The van der Waals surface area contributed by atoms with E-state index in [9.17, 15) is 4.79 Å². The third kappa shape index (κ3) is 3.86. The van der Waals surface area contributed by atoms with Gasteiger partial charge in [-0.1, -0.05) is 35.4 Å². The number of aromatic nitrogens is 1. The molecule has 3 aromatic rings. The Morgan fingerprint density at radius 3 is 2.78 bits per heavy atom. The lowest BCUT2D eigenvalue weighted by atomic mass is 9.99. The third-order valence-corrected chi connectivity index (χ3v) is 5.17. The number of aromatic amines is 1. The lowest BCUT2D eigenvalue weighted by Gasteiger charge is -2.26. The van der Waals surface area contributed by atoms with Crippen molar-refractivity contribution in [3.05, 3.63) is 70.9 Å². The van der Waals surface area contributed by atoms with E-state index in [0.29, 0.717) is 13.1 Å². The van der Waals surface area contributed by atoms with Crippen LogP contribution in [-0.2, 0) is 4.79 Å². The number of H-pyrrole nitrogens is 1. The SMILES string of the molecule is Cc1ccc(OCC(=O)N2CC=C(c3c[nH]c4ccc(Cl)cc34)CC2)cc1. The summed E-state index contributed by atoms with van der Waals surface area (Å²) in [5, 5.41) is 1.85. The molecule has 27 heavy (non-hydrogen) atoms. The highest BCUT2D eigenvalue weighted by molar-refractivity contribution is 6.31. The van der Waals surface area contributed by atoms with Gasteiger partial charge in [-0.25, -0.2) is 0 Å². The van der Waals surface area contributed by atoms with Crippen LogP contribution in [0.15, 0.2) is 54.7 Å². The Balaban J connectivity index is 1.41. The Labute approximate surface area is 163 Å². The van der Waals surface area contributed by atoms with Gasteiger partial charge in [0, 0.05) is 40.8 Å². The number of rotatable bonds is 4. The number of amides is 1. The fourth-order valence-electron chi connectivity index (χ4n) is 3.37. The van der Waals surface area contributed by atoms with E-state index in [4.69, 9.17) is 16.3 Å². The van der Waals surface area contributed by atoms with E-state index >= 15 is 0 Å². The van der Waals surface area contributed by atoms with Crippen LogP contribution in [0.5, 0.6) is 5.75 Å². The summed E-state index contributed by atoms with van der Waals surface area (Å²) in [7, 11) is 0. The third-order valence-electron chi connectivity index (χ3n) is 4.93. The minimum Gasteiger partial charge on any atom is -0.484 e. The number of nitrogens with zero attached hydrogens (tertiary/aromatic N) is 1. The van der Waals surface area contributed by atoms with Gasteiger partial charge in [0.2, 0.25) is 0 Å². The van der Waals surface area contributed by atoms with Gasteiger partial charge >= 0.3 is 0 Å². The van der Waals surface area contributed by atoms with E-state index < -0.39 is 0 Å². The van der Waals surface area contributed by atoms with Crippen molar-refractivity contribution in [1.82, 2.24) is 9.88 Å². The molecule has 0 bridgehead atoms. The topological polar surface area (TPSA) is 45.3 Å². The van der Waals surface area contributed by atoms with Gasteiger partial charge in [-0.05, 0) is 49.2 Å². The molecule has 0 unspecified atom stereocenters. The largest absolute Gasteiger partial charge is 0.484 e. The van der Waals surface area contributed by atoms with E-state index in [0.717, 1.165) is 33.7 Å². The number of carbonyl (C=O) groups excluding carboxylic acids is 1. The Morgan fingerprint density at radius 2 is 2.04 bits per heavy atom. The number of hydrogen-bond donors (Lipinski definition) is 1. The number of halogens is 1. The van der Waals surface area contributed by atoms with Crippen molar-refractivity contribution >= 4 is 34.0 Å². The zero-order valence-corrected chi connectivity index (χ0v) is 15.9. The summed E-state index contributed by atoms with van der Waals surface area (Å²) < 4.78 is 5.61. The average Bonchev–Trinajstić information content (AvgIpc) is 3.10. The van der Waals surface area contributed by atoms with Gasteiger partial charge in [0.05, 0.1) is 0 Å². The lowest BCUT2D eigenvalue weighted by Crippen LogP contribution is -2.37. The molecule has 0 saturated heterocycles. The van der Waals surface area contributed by atoms with Gasteiger partial charge in [0.15, 0.2) is 6.61 Å². The summed E-state index contributed by atoms with van der Waals surface area (Å²) in [5.41, 5.74) is 4.64. The molecule has 0 radical (unpaired) electrons. The van der Waals surface area contributed by atoms with Gasteiger partial charge in [0.1, 0.15) is 5.75 Å². The molecule has 5 heteroatoms. The normalized spacial score (nSPS) is 14.3. The zero-order valence-electron chi connectivity index (χ0n) is 15.2. The van der Waals surface area contributed by atoms with Crippen LogP contribution in [0.2, 0.25) is 5.02 Å². The van der Waals surface area contributed by atoms with Crippen LogP contribution < -0.4 is 4.74 Å². The Morgan fingerprint density at radius 1 is 1.22 bits per heavy atom. The molecule has 1 aliphatic heterocycles. The second-order valence-corrected chi connectivity index (χ2v) is 7.25. The smallest absolute Gasteiger partial charge is 0.260 e. The summed E-state index contributed by atoms with van der Waals surface area (Å²) in [4.78, 5) is 17.6. The van der Waals surface area contributed by atoms with Crippen LogP contribution in [0.1, 0.15) is 17.5 Å².